The number of hydrogen-bond donors (Lipinski definition) is 1. The zero-order chi connectivity index (χ0) is 17.7. The van der Waals surface area contributed by atoms with Gasteiger partial charge < -0.3 is 14.9 Å². The van der Waals surface area contributed by atoms with Gasteiger partial charge in [-0.15, -0.1) is 0 Å². The van der Waals surface area contributed by atoms with Gasteiger partial charge in [0.15, 0.2) is 0 Å². The first kappa shape index (κ1) is 18.0. The van der Waals surface area contributed by atoms with Crippen molar-refractivity contribution in [2.45, 2.75) is 25.7 Å². The molecular formula is C18H24N2O4. The molecule has 1 atom stereocenters. The second kappa shape index (κ2) is 7.95. The molecule has 6 nitrogen and oxygen atoms in total. The van der Waals surface area contributed by atoms with Crippen LogP contribution in [0, 0.1) is 5.92 Å². The number of rotatable bonds is 6. The van der Waals surface area contributed by atoms with E-state index in [9.17, 15) is 14.4 Å². The standard InChI is InChI=1S/C18H24N2O4/c1-19(2)16(21)7-8-17(22)20-10-9-14(12-20)11-13-3-5-15(6-4-13)18(23)24/h3-6,14H,7-12H2,1-2H3,(H,23,24). The molecule has 0 aromatic heterocycles. The van der Waals surface area contributed by atoms with Crippen LogP contribution in [0.2, 0.25) is 0 Å². The summed E-state index contributed by atoms with van der Waals surface area (Å²) >= 11 is 0. The monoisotopic (exact) mass is 332 g/mol. The maximum absolute atomic E-state index is 12.2. The maximum atomic E-state index is 12.2. The van der Waals surface area contributed by atoms with Gasteiger partial charge in [0.25, 0.3) is 0 Å². The molecule has 0 aliphatic carbocycles. The predicted molar refractivity (Wildman–Crippen MR) is 89.7 cm³/mol. The highest BCUT2D eigenvalue weighted by atomic mass is 16.4. The summed E-state index contributed by atoms with van der Waals surface area (Å²) in [6.07, 6.45) is 2.29. The molecule has 1 saturated heterocycles. The second-order valence-electron chi connectivity index (χ2n) is 6.49. The van der Waals surface area contributed by atoms with Crippen molar-refractivity contribution < 1.29 is 19.5 Å². The van der Waals surface area contributed by atoms with Crippen LogP contribution in [0.5, 0.6) is 0 Å². The summed E-state index contributed by atoms with van der Waals surface area (Å²) in [6.45, 7) is 1.43. The van der Waals surface area contributed by atoms with Crippen LogP contribution < -0.4 is 0 Å². The molecule has 0 saturated carbocycles. The average molecular weight is 332 g/mol. The van der Waals surface area contributed by atoms with E-state index in [-0.39, 0.29) is 30.2 Å². The first-order valence-corrected chi connectivity index (χ1v) is 8.17. The Bertz CT molecular complexity index is 610. The molecule has 1 unspecified atom stereocenters. The van der Waals surface area contributed by atoms with Crippen molar-refractivity contribution in [2.75, 3.05) is 27.2 Å². The summed E-state index contributed by atoms with van der Waals surface area (Å²) in [6, 6.07) is 6.90. The zero-order valence-corrected chi connectivity index (χ0v) is 14.2. The third-order valence-electron chi connectivity index (χ3n) is 4.42. The van der Waals surface area contributed by atoms with E-state index in [1.165, 1.54) is 4.90 Å². The molecule has 1 aromatic carbocycles. The quantitative estimate of drug-likeness (QED) is 0.859. The predicted octanol–water partition coefficient (Wildman–Crippen LogP) is 1.64. The maximum Gasteiger partial charge on any atom is 0.335 e. The van der Waals surface area contributed by atoms with Crippen molar-refractivity contribution in [3.8, 4) is 0 Å². The largest absolute Gasteiger partial charge is 0.478 e. The normalized spacial score (nSPS) is 16.9. The smallest absolute Gasteiger partial charge is 0.335 e. The molecule has 24 heavy (non-hydrogen) atoms. The Morgan fingerprint density at radius 1 is 1.17 bits per heavy atom. The van der Waals surface area contributed by atoms with Crippen LogP contribution in [-0.4, -0.2) is 59.9 Å². The molecule has 1 fully saturated rings. The zero-order valence-electron chi connectivity index (χ0n) is 14.2. The van der Waals surface area contributed by atoms with Crippen molar-refractivity contribution in [3.63, 3.8) is 0 Å². The first-order valence-electron chi connectivity index (χ1n) is 8.17. The molecular weight excluding hydrogens is 308 g/mol. The summed E-state index contributed by atoms with van der Waals surface area (Å²) in [5, 5.41) is 8.91. The molecule has 1 N–H and O–H groups in total. The van der Waals surface area contributed by atoms with Crippen molar-refractivity contribution in [2.24, 2.45) is 5.92 Å². The molecule has 1 aliphatic rings. The van der Waals surface area contributed by atoms with E-state index in [0.717, 1.165) is 24.9 Å². The van der Waals surface area contributed by atoms with E-state index in [1.54, 1.807) is 26.2 Å². The fourth-order valence-corrected chi connectivity index (χ4v) is 2.94. The Kier molecular flexibility index (Phi) is 5.95. The SMILES string of the molecule is CN(C)C(=O)CCC(=O)N1CCC(Cc2ccc(C(=O)O)cc2)C1. The molecule has 1 heterocycles. The first-order chi connectivity index (χ1) is 11.4. The lowest BCUT2D eigenvalue weighted by molar-refractivity contribution is -0.135. The number of hydrogen-bond acceptors (Lipinski definition) is 3. The number of benzene rings is 1. The Hall–Kier alpha value is -2.37. The molecule has 0 radical (unpaired) electrons. The van der Waals surface area contributed by atoms with Gasteiger partial charge >= 0.3 is 5.97 Å². The summed E-state index contributed by atoms with van der Waals surface area (Å²) in [7, 11) is 3.38. The van der Waals surface area contributed by atoms with Gasteiger partial charge in [0.2, 0.25) is 11.8 Å². The number of aromatic carboxylic acids is 1. The van der Waals surface area contributed by atoms with Crippen LogP contribution in [0.3, 0.4) is 0 Å². The molecule has 0 bridgehead atoms. The van der Waals surface area contributed by atoms with Crippen molar-refractivity contribution in [1.29, 1.82) is 0 Å². The number of amides is 2. The molecule has 2 rings (SSSR count). The highest BCUT2D eigenvalue weighted by Gasteiger charge is 2.26. The van der Waals surface area contributed by atoms with Gasteiger partial charge in [-0.2, -0.15) is 0 Å². The van der Waals surface area contributed by atoms with Crippen LogP contribution in [0.25, 0.3) is 0 Å². The van der Waals surface area contributed by atoms with Gasteiger partial charge in [-0.25, -0.2) is 4.79 Å². The topological polar surface area (TPSA) is 77.9 Å². The van der Waals surface area contributed by atoms with E-state index in [2.05, 4.69) is 0 Å². The summed E-state index contributed by atoms with van der Waals surface area (Å²) in [5.41, 5.74) is 1.37. The lowest BCUT2D eigenvalue weighted by Gasteiger charge is -2.17. The summed E-state index contributed by atoms with van der Waals surface area (Å²) in [4.78, 5) is 37.9. The summed E-state index contributed by atoms with van der Waals surface area (Å²) in [5.74, 6) is -0.535. The van der Waals surface area contributed by atoms with E-state index in [4.69, 9.17) is 5.11 Å². The van der Waals surface area contributed by atoms with Gasteiger partial charge in [0, 0.05) is 40.0 Å². The average Bonchev–Trinajstić information content (AvgIpc) is 3.01. The Labute approximate surface area is 142 Å². The highest BCUT2D eigenvalue weighted by molar-refractivity contribution is 5.87. The third-order valence-corrected chi connectivity index (χ3v) is 4.42. The fraction of sp³-hybridized carbons (Fsp3) is 0.500. The molecule has 6 heteroatoms. The Balaban J connectivity index is 1.81. The third kappa shape index (κ3) is 4.81. The van der Waals surface area contributed by atoms with Crippen LogP contribution in [-0.2, 0) is 16.0 Å². The molecule has 2 amide bonds. The van der Waals surface area contributed by atoms with E-state index in [1.807, 2.05) is 17.0 Å². The lowest BCUT2D eigenvalue weighted by Crippen LogP contribution is -2.30. The lowest BCUT2D eigenvalue weighted by atomic mass is 9.98. The molecule has 0 spiro atoms. The van der Waals surface area contributed by atoms with Gasteiger partial charge in [-0.3, -0.25) is 9.59 Å². The number of carboxylic acid groups (broad SMARTS) is 1. The van der Waals surface area contributed by atoms with Crippen molar-refractivity contribution >= 4 is 17.8 Å². The van der Waals surface area contributed by atoms with Crippen molar-refractivity contribution in [1.82, 2.24) is 9.80 Å². The van der Waals surface area contributed by atoms with Gasteiger partial charge in [-0.05, 0) is 36.5 Å². The van der Waals surface area contributed by atoms with Crippen LogP contribution in [0.1, 0.15) is 35.2 Å². The van der Waals surface area contributed by atoms with Crippen LogP contribution in [0.4, 0.5) is 0 Å². The molecule has 1 aromatic rings. The minimum Gasteiger partial charge on any atom is -0.478 e. The van der Waals surface area contributed by atoms with Gasteiger partial charge in [0.05, 0.1) is 5.56 Å². The fourth-order valence-electron chi connectivity index (χ4n) is 2.94. The van der Waals surface area contributed by atoms with E-state index >= 15 is 0 Å². The van der Waals surface area contributed by atoms with Crippen LogP contribution >= 0.6 is 0 Å². The van der Waals surface area contributed by atoms with E-state index < -0.39 is 5.97 Å². The Morgan fingerprint density at radius 3 is 2.42 bits per heavy atom. The summed E-state index contributed by atoms with van der Waals surface area (Å²) < 4.78 is 0. The van der Waals surface area contributed by atoms with Gasteiger partial charge in [0.1, 0.15) is 0 Å². The minimum atomic E-state index is -0.925. The minimum absolute atomic E-state index is 0.0300. The van der Waals surface area contributed by atoms with Gasteiger partial charge in [-0.1, -0.05) is 12.1 Å². The molecule has 130 valence electrons. The number of carbonyl (C=O) groups is 3. The molecule has 1 aliphatic heterocycles. The second-order valence-corrected chi connectivity index (χ2v) is 6.49. The highest BCUT2D eigenvalue weighted by Crippen LogP contribution is 2.22. The number of carboxylic acids is 1. The number of carbonyl (C=O) groups excluding carboxylic acids is 2. The number of nitrogens with zero attached hydrogens (tertiary/aromatic N) is 2. The number of likely N-dealkylation sites (tertiary alicyclic amines) is 1. The van der Waals surface area contributed by atoms with Crippen molar-refractivity contribution in [3.05, 3.63) is 35.4 Å². The Morgan fingerprint density at radius 2 is 1.83 bits per heavy atom. The van der Waals surface area contributed by atoms with Crippen LogP contribution in [0.15, 0.2) is 24.3 Å². The van der Waals surface area contributed by atoms with E-state index in [0.29, 0.717) is 12.5 Å².